The average molecular weight is 436 g/mol. The van der Waals surface area contributed by atoms with E-state index >= 15 is 0 Å². The Labute approximate surface area is 190 Å². The molecule has 0 amide bonds. The van der Waals surface area contributed by atoms with Crippen LogP contribution in [0.1, 0.15) is 24.3 Å². The summed E-state index contributed by atoms with van der Waals surface area (Å²) < 4.78 is 14.9. The van der Waals surface area contributed by atoms with E-state index in [1.54, 1.807) is 24.5 Å². The molecule has 3 aromatic heterocycles. The van der Waals surface area contributed by atoms with E-state index in [0.29, 0.717) is 17.0 Å². The molecular weight excluding hydrogens is 415 g/mol. The van der Waals surface area contributed by atoms with Crippen molar-refractivity contribution in [3.05, 3.63) is 90.5 Å². The largest absolute Gasteiger partial charge is 0.393 e. The molecule has 0 unspecified atom stereocenters. The van der Waals surface area contributed by atoms with E-state index in [1.165, 1.54) is 11.6 Å². The Bertz CT molecular complexity index is 1440. The summed E-state index contributed by atoms with van der Waals surface area (Å²) in [6.07, 6.45) is 4.82. The summed E-state index contributed by atoms with van der Waals surface area (Å²) in [5.74, 6) is 0.0969. The highest BCUT2D eigenvalue weighted by atomic mass is 19.1. The highest BCUT2D eigenvalue weighted by Gasteiger charge is 2.28. The fraction of sp³-hybridized carbons (Fsp3) is 0.148. The van der Waals surface area contributed by atoms with Gasteiger partial charge in [-0.2, -0.15) is 5.10 Å². The third-order valence-corrected chi connectivity index (χ3v) is 6.43. The Morgan fingerprint density at radius 3 is 2.42 bits per heavy atom. The fourth-order valence-corrected chi connectivity index (χ4v) is 4.58. The summed E-state index contributed by atoms with van der Waals surface area (Å²) in [5, 5.41) is 17.5. The zero-order valence-corrected chi connectivity index (χ0v) is 17.7. The molecule has 0 aliphatic heterocycles. The number of pyridine rings is 2. The van der Waals surface area contributed by atoms with Crippen molar-refractivity contribution in [2.24, 2.45) is 0 Å². The molecule has 2 N–H and O–H groups in total. The molecule has 3 heterocycles. The molecule has 0 bridgehead atoms. The third kappa shape index (κ3) is 3.49. The number of aliphatic hydroxyl groups excluding tert-OH is 1. The Kier molecular flexibility index (Phi) is 4.73. The van der Waals surface area contributed by atoms with Crippen molar-refractivity contribution < 1.29 is 9.50 Å². The number of hydrogen-bond acceptors (Lipinski definition) is 4. The van der Waals surface area contributed by atoms with Crippen LogP contribution in [-0.4, -0.2) is 31.4 Å². The predicted octanol–water partition coefficient (Wildman–Crippen LogP) is 5.73. The minimum atomic E-state index is -0.299. The lowest BCUT2D eigenvalue weighted by atomic mass is 9.77. The van der Waals surface area contributed by atoms with Crippen molar-refractivity contribution in [1.29, 1.82) is 0 Å². The molecule has 1 saturated carbocycles. The highest BCUT2D eigenvalue weighted by Crippen LogP contribution is 2.40. The third-order valence-electron chi connectivity index (χ3n) is 6.43. The van der Waals surface area contributed by atoms with E-state index in [0.717, 1.165) is 46.4 Å². The molecule has 1 aliphatic rings. The van der Waals surface area contributed by atoms with Crippen LogP contribution in [0.5, 0.6) is 0 Å². The van der Waals surface area contributed by atoms with Crippen LogP contribution in [0, 0.1) is 5.82 Å². The first-order chi connectivity index (χ1) is 16.2. The first-order valence-electron chi connectivity index (χ1n) is 11.0. The number of aromatic nitrogens is 4. The van der Waals surface area contributed by atoms with Gasteiger partial charge in [0.05, 0.1) is 28.7 Å². The smallest absolute Gasteiger partial charge is 0.131 e. The van der Waals surface area contributed by atoms with Gasteiger partial charge in [-0.15, -0.1) is 0 Å². The van der Waals surface area contributed by atoms with Crippen molar-refractivity contribution in [3.63, 3.8) is 0 Å². The number of halogens is 1. The summed E-state index contributed by atoms with van der Waals surface area (Å²) in [6, 6.07) is 20.7. The number of rotatable bonds is 4. The van der Waals surface area contributed by atoms with Gasteiger partial charge in [0.15, 0.2) is 0 Å². The lowest BCUT2D eigenvalue weighted by Crippen LogP contribution is -2.26. The van der Waals surface area contributed by atoms with Gasteiger partial charge in [-0.05, 0) is 48.6 Å². The molecule has 1 fully saturated rings. The molecular formula is C27H21FN4O. The first kappa shape index (κ1) is 19.8. The zero-order valence-electron chi connectivity index (χ0n) is 17.7. The summed E-state index contributed by atoms with van der Waals surface area (Å²) >= 11 is 0. The quantitative estimate of drug-likeness (QED) is 0.377. The van der Waals surface area contributed by atoms with Crippen LogP contribution in [0.2, 0.25) is 0 Å². The van der Waals surface area contributed by atoms with E-state index in [-0.39, 0.29) is 11.9 Å². The van der Waals surface area contributed by atoms with Crippen LogP contribution in [0.3, 0.4) is 0 Å². The van der Waals surface area contributed by atoms with Crippen LogP contribution in [0.25, 0.3) is 44.7 Å². The average Bonchev–Trinajstić information content (AvgIpc) is 3.36. The van der Waals surface area contributed by atoms with Gasteiger partial charge in [0.2, 0.25) is 0 Å². The van der Waals surface area contributed by atoms with E-state index in [4.69, 9.17) is 4.98 Å². The molecule has 0 atom stereocenters. The molecule has 2 aromatic carbocycles. The summed E-state index contributed by atoms with van der Waals surface area (Å²) in [5.41, 5.74) is 6.32. The second-order valence-corrected chi connectivity index (χ2v) is 8.51. The van der Waals surface area contributed by atoms with Crippen molar-refractivity contribution >= 4 is 10.9 Å². The molecule has 0 spiro atoms. The van der Waals surface area contributed by atoms with E-state index in [2.05, 4.69) is 27.3 Å². The molecule has 1 aliphatic carbocycles. The molecule has 6 rings (SSSR count). The number of aliphatic hydroxyl groups is 1. The van der Waals surface area contributed by atoms with Gasteiger partial charge in [0, 0.05) is 34.5 Å². The maximum atomic E-state index is 14.9. The standard InChI is InChI=1S/C27H21FN4O/c28-23-4-2-1-3-20(23)21-15-22-24(9-11-29-27(22)25-10-12-30-32-25)31-26(21)17-7-5-16(6-8-17)18-13-19(33)14-18/h1-12,15,18-19,33H,13-14H2,(H,30,32). The van der Waals surface area contributed by atoms with E-state index in [9.17, 15) is 9.50 Å². The molecule has 0 radical (unpaired) electrons. The van der Waals surface area contributed by atoms with Gasteiger partial charge in [-0.1, -0.05) is 42.5 Å². The van der Waals surface area contributed by atoms with Crippen molar-refractivity contribution in [3.8, 4) is 33.8 Å². The van der Waals surface area contributed by atoms with Crippen LogP contribution < -0.4 is 0 Å². The van der Waals surface area contributed by atoms with Crippen LogP contribution in [-0.2, 0) is 0 Å². The lowest BCUT2D eigenvalue weighted by molar-refractivity contribution is 0.0746. The van der Waals surface area contributed by atoms with E-state index < -0.39 is 0 Å². The minimum absolute atomic E-state index is 0.192. The van der Waals surface area contributed by atoms with Gasteiger partial charge in [0.25, 0.3) is 0 Å². The zero-order chi connectivity index (χ0) is 22.4. The lowest BCUT2D eigenvalue weighted by Gasteiger charge is -2.31. The maximum absolute atomic E-state index is 14.9. The monoisotopic (exact) mass is 436 g/mol. The number of H-pyrrole nitrogens is 1. The predicted molar refractivity (Wildman–Crippen MR) is 126 cm³/mol. The number of hydrogen-bond donors (Lipinski definition) is 2. The number of fused-ring (bicyclic) bond motifs is 1. The van der Waals surface area contributed by atoms with Gasteiger partial charge >= 0.3 is 0 Å². The van der Waals surface area contributed by atoms with Crippen LogP contribution in [0.4, 0.5) is 4.39 Å². The molecule has 6 heteroatoms. The molecule has 5 nitrogen and oxygen atoms in total. The number of nitrogens with zero attached hydrogens (tertiary/aromatic N) is 3. The van der Waals surface area contributed by atoms with Crippen molar-refractivity contribution in [2.45, 2.75) is 24.9 Å². The summed E-state index contributed by atoms with van der Waals surface area (Å²) in [4.78, 5) is 9.51. The van der Waals surface area contributed by atoms with Gasteiger partial charge < -0.3 is 5.11 Å². The maximum Gasteiger partial charge on any atom is 0.131 e. The Morgan fingerprint density at radius 2 is 1.70 bits per heavy atom. The normalized spacial score (nSPS) is 17.8. The van der Waals surface area contributed by atoms with Gasteiger partial charge in [-0.25, -0.2) is 9.37 Å². The number of benzene rings is 2. The van der Waals surface area contributed by atoms with Crippen LogP contribution >= 0.6 is 0 Å². The second-order valence-electron chi connectivity index (χ2n) is 8.51. The van der Waals surface area contributed by atoms with Crippen molar-refractivity contribution in [1.82, 2.24) is 20.2 Å². The van der Waals surface area contributed by atoms with Gasteiger partial charge in [-0.3, -0.25) is 10.1 Å². The molecule has 0 saturated heterocycles. The second kappa shape index (κ2) is 7.90. The minimum Gasteiger partial charge on any atom is -0.393 e. The Balaban J connectivity index is 1.55. The summed E-state index contributed by atoms with van der Waals surface area (Å²) in [7, 11) is 0. The van der Waals surface area contributed by atoms with Crippen molar-refractivity contribution in [2.75, 3.05) is 0 Å². The van der Waals surface area contributed by atoms with E-state index in [1.807, 2.05) is 36.4 Å². The first-order valence-corrected chi connectivity index (χ1v) is 11.0. The Morgan fingerprint density at radius 1 is 0.879 bits per heavy atom. The Hall–Kier alpha value is -3.90. The number of nitrogens with one attached hydrogen (secondary N) is 1. The number of aromatic amines is 1. The van der Waals surface area contributed by atoms with Crippen LogP contribution in [0.15, 0.2) is 79.1 Å². The molecule has 162 valence electrons. The molecule has 5 aromatic rings. The fourth-order valence-electron chi connectivity index (χ4n) is 4.58. The molecule has 33 heavy (non-hydrogen) atoms. The summed E-state index contributed by atoms with van der Waals surface area (Å²) in [6.45, 7) is 0. The highest BCUT2D eigenvalue weighted by molar-refractivity contribution is 5.98. The SMILES string of the molecule is OC1CC(c2ccc(-c3nc4ccnc(-c5ccn[nH]5)c4cc3-c3ccccc3F)cc2)C1. The topological polar surface area (TPSA) is 74.7 Å². The van der Waals surface area contributed by atoms with Gasteiger partial charge in [0.1, 0.15) is 5.82 Å².